The normalized spacial score (nSPS) is 30.0. The molecule has 1 aliphatic carbocycles. The number of hydrogen-bond donors (Lipinski definition) is 0. The van der Waals surface area contributed by atoms with Gasteiger partial charge in [0.25, 0.3) is 5.56 Å². The minimum absolute atomic E-state index is 0.0885. The highest BCUT2D eigenvalue weighted by atomic mass is 16.6. The van der Waals surface area contributed by atoms with Crippen molar-refractivity contribution in [3.05, 3.63) is 32.6 Å². The summed E-state index contributed by atoms with van der Waals surface area (Å²) in [7, 11) is 3.22. The van der Waals surface area contributed by atoms with E-state index < -0.39 is 0 Å². The first-order valence-electron chi connectivity index (χ1n) is 6.47. The molecule has 0 bridgehead atoms. The molecule has 0 unspecified atom stereocenters. The fraction of sp³-hybridized carbons (Fsp3) is 0.692. The van der Waals surface area contributed by atoms with Crippen LogP contribution >= 0.6 is 0 Å². The molecule has 1 saturated carbocycles. The molecule has 1 aromatic heterocycles. The monoisotopic (exact) mass is 250 g/mol. The fourth-order valence-corrected chi connectivity index (χ4v) is 3.04. The van der Waals surface area contributed by atoms with Crippen LogP contribution in [0.5, 0.6) is 0 Å². The Kier molecular flexibility index (Phi) is 2.48. The van der Waals surface area contributed by atoms with Gasteiger partial charge in [0.05, 0.1) is 6.10 Å². The van der Waals surface area contributed by atoms with Crippen molar-refractivity contribution in [1.82, 2.24) is 9.13 Å². The van der Waals surface area contributed by atoms with Gasteiger partial charge in [-0.1, -0.05) is 12.8 Å². The third-order valence-corrected chi connectivity index (χ3v) is 4.33. The Labute approximate surface area is 105 Å². The Morgan fingerprint density at radius 2 is 2.11 bits per heavy atom. The van der Waals surface area contributed by atoms with Crippen molar-refractivity contribution in [2.75, 3.05) is 0 Å². The van der Waals surface area contributed by atoms with E-state index in [2.05, 4.69) is 0 Å². The summed E-state index contributed by atoms with van der Waals surface area (Å²) < 4.78 is 8.50. The molecule has 3 rings (SSSR count). The van der Waals surface area contributed by atoms with Crippen LogP contribution in [0.25, 0.3) is 0 Å². The molecule has 2 fully saturated rings. The Bertz CT molecular complexity index is 601. The maximum atomic E-state index is 11.9. The van der Waals surface area contributed by atoms with E-state index in [9.17, 15) is 9.59 Å². The molecule has 2 aliphatic rings. The Morgan fingerprint density at radius 1 is 1.33 bits per heavy atom. The smallest absolute Gasteiger partial charge is 0.330 e. The molecule has 2 heterocycles. The number of fused-ring (bicyclic) bond motifs is 1. The van der Waals surface area contributed by atoms with Gasteiger partial charge >= 0.3 is 5.69 Å². The van der Waals surface area contributed by atoms with Gasteiger partial charge in [-0.2, -0.15) is 0 Å². The predicted octanol–water partition coefficient (Wildman–Crippen LogP) is 0.338. The highest BCUT2D eigenvalue weighted by Gasteiger charge is 2.57. The summed E-state index contributed by atoms with van der Waals surface area (Å²) in [6.07, 6.45) is 5.57. The molecule has 98 valence electrons. The lowest BCUT2D eigenvalue weighted by Gasteiger charge is -2.18. The van der Waals surface area contributed by atoms with Crippen molar-refractivity contribution < 1.29 is 4.74 Å². The Hall–Kier alpha value is -1.36. The van der Waals surface area contributed by atoms with E-state index in [-0.39, 0.29) is 16.9 Å². The summed E-state index contributed by atoms with van der Waals surface area (Å²) >= 11 is 0. The van der Waals surface area contributed by atoms with Crippen molar-refractivity contribution in [2.45, 2.75) is 43.8 Å². The lowest BCUT2D eigenvalue weighted by atomic mass is 9.86. The zero-order chi connectivity index (χ0) is 12.9. The van der Waals surface area contributed by atoms with Gasteiger partial charge in [-0.05, 0) is 12.8 Å². The van der Waals surface area contributed by atoms with Crippen molar-refractivity contribution in [3.8, 4) is 0 Å². The summed E-state index contributed by atoms with van der Waals surface area (Å²) in [4.78, 5) is 23.5. The minimum atomic E-state index is -0.262. The zero-order valence-corrected chi connectivity index (χ0v) is 10.8. The van der Waals surface area contributed by atoms with E-state index in [1.807, 2.05) is 0 Å². The second kappa shape index (κ2) is 3.82. The molecule has 0 aromatic carbocycles. The van der Waals surface area contributed by atoms with Gasteiger partial charge in [0.1, 0.15) is 5.60 Å². The quantitative estimate of drug-likeness (QED) is 0.711. The molecule has 2 atom stereocenters. The highest BCUT2D eigenvalue weighted by molar-refractivity contribution is 5.15. The molecular weight excluding hydrogens is 232 g/mol. The van der Waals surface area contributed by atoms with Crippen molar-refractivity contribution in [3.63, 3.8) is 0 Å². The van der Waals surface area contributed by atoms with E-state index in [1.54, 1.807) is 17.7 Å². The van der Waals surface area contributed by atoms with E-state index in [0.29, 0.717) is 12.5 Å². The van der Waals surface area contributed by atoms with Crippen LogP contribution in [-0.4, -0.2) is 20.8 Å². The summed E-state index contributed by atoms with van der Waals surface area (Å²) in [5, 5.41) is 0. The Balaban J connectivity index is 1.95. The van der Waals surface area contributed by atoms with Crippen LogP contribution in [0, 0.1) is 0 Å². The first-order valence-corrected chi connectivity index (χ1v) is 6.47. The fourth-order valence-electron chi connectivity index (χ4n) is 3.04. The van der Waals surface area contributed by atoms with E-state index >= 15 is 0 Å². The van der Waals surface area contributed by atoms with Crippen LogP contribution < -0.4 is 11.2 Å². The minimum Gasteiger partial charge on any atom is -0.366 e. The third kappa shape index (κ3) is 1.65. The summed E-state index contributed by atoms with van der Waals surface area (Å²) in [5.41, 5.74) is 0.196. The number of aromatic nitrogens is 2. The van der Waals surface area contributed by atoms with Gasteiger partial charge < -0.3 is 9.30 Å². The Morgan fingerprint density at radius 3 is 2.83 bits per heavy atom. The zero-order valence-electron chi connectivity index (χ0n) is 10.8. The molecule has 0 amide bonds. The van der Waals surface area contributed by atoms with Crippen molar-refractivity contribution in [2.24, 2.45) is 14.1 Å². The summed E-state index contributed by atoms with van der Waals surface area (Å²) in [6, 6.07) is 1.56. The van der Waals surface area contributed by atoms with E-state index in [4.69, 9.17) is 4.74 Å². The lowest BCUT2D eigenvalue weighted by Crippen LogP contribution is -2.39. The highest BCUT2D eigenvalue weighted by Crippen LogP contribution is 2.49. The molecular formula is C13H18N2O3. The number of nitrogens with zero attached hydrogens (tertiary/aromatic N) is 2. The van der Waals surface area contributed by atoms with Gasteiger partial charge in [0, 0.05) is 32.3 Å². The number of hydrogen-bond acceptors (Lipinski definition) is 3. The maximum absolute atomic E-state index is 11.9. The molecule has 0 spiro atoms. The van der Waals surface area contributed by atoms with Crippen LogP contribution in [0.2, 0.25) is 0 Å². The van der Waals surface area contributed by atoms with Crippen molar-refractivity contribution >= 4 is 0 Å². The van der Waals surface area contributed by atoms with Gasteiger partial charge in [0.2, 0.25) is 0 Å². The first-order chi connectivity index (χ1) is 8.53. The predicted molar refractivity (Wildman–Crippen MR) is 66.7 cm³/mol. The average molecular weight is 250 g/mol. The van der Waals surface area contributed by atoms with Gasteiger partial charge in [-0.3, -0.25) is 9.36 Å². The SMILES string of the molecule is Cn1c(C[C@@]23CCCC[C@@H]2O3)cc(=O)n(C)c1=O. The van der Waals surface area contributed by atoms with E-state index in [0.717, 1.165) is 23.1 Å². The number of epoxide rings is 1. The van der Waals surface area contributed by atoms with Crippen LogP contribution in [0.1, 0.15) is 31.4 Å². The van der Waals surface area contributed by atoms with Crippen LogP contribution in [0.4, 0.5) is 0 Å². The second-order valence-corrected chi connectivity index (χ2v) is 5.47. The largest absolute Gasteiger partial charge is 0.366 e. The first kappa shape index (κ1) is 11.7. The maximum Gasteiger partial charge on any atom is 0.330 e. The molecule has 18 heavy (non-hydrogen) atoms. The second-order valence-electron chi connectivity index (χ2n) is 5.47. The molecule has 1 saturated heterocycles. The number of rotatable bonds is 2. The molecule has 0 N–H and O–H groups in total. The standard InChI is InChI=1S/C13H18N2O3/c1-14-9(7-11(16)15(2)12(14)17)8-13-6-4-3-5-10(13)18-13/h7,10H,3-6,8H2,1-2H3/t10-,13-/m0/s1. The molecule has 1 aromatic rings. The van der Waals surface area contributed by atoms with Crippen LogP contribution in [0.3, 0.4) is 0 Å². The molecule has 1 aliphatic heterocycles. The molecule has 0 radical (unpaired) electrons. The average Bonchev–Trinajstić information content (AvgIpc) is 3.07. The number of ether oxygens (including phenoxy) is 1. The lowest BCUT2D eigenvalue weighted by molar-refractivity contribution is 0.280. The van der Waals surface area contributed by atoms with Gasteiger partial charge in [-0.25, -0.2) is 4.79 Å². The van der Waals surface area contributed by atoms with Crippen LogP contribution in [-0.2, 0) is 25.3 Å². The summed E-state index contributed by atoms with van der Waals surface area (Å²) in [5.74, 6) is 0. The van der Waals surface area contributed by atoms with Crippen molar-refractivity contribution in [1.29, 1.82) is 0 Å². The third-order valence-electron chi connectivity index (χ3n) is 4.33. The molecule has 5 nitrogen and oxygen atoms in total. The topological polar surface area (TPSA) is 56.5 Å². The van der Waals surface area contributed by atoms with Crippen LogP contribution in [0.15, 0.2) is 15.7 Å². The summed E-state index contributed by atoms with van der Waals surface area (Å²) in [6.45, 7) is 0. The van der Waals surface area contributed by atoms with E-state index in [1.165, 1.54) is 19.9 Å². The van der Waals surface area contributed by atoms with Gasteiger partial charge in [-0.15, -0.1) is 0 Å². The van der Waals surface area contributed by atoms with Gasteiger partial charge in [0.15, 0.2) is 0 Å². The molecule has 5 heteroatoms.